The second-order valence-electron chi connectivity index (χ2n) is 4.21. The van der Waals surface area contributed by atoms with Gasteiger partial charge in [-0.05, 0) is 30.5 Å². The Morgan fingerprint density at radius 2 is 2.33 bits per heavy atom. The zero-order valence-electron chi connectivity index (χ0n) is 9.11. The van der Waals surface area contributed by atoms with Gasteiger partial charge in [0.1, 0.15) is 0 Å². The fraction of sp³-hybridized carbons (Fsp3) is 0.500. The molecule has 0 amide bonds. The van der Waals surface area contributed by atoms with Crippen LogP contribution in [0.5, 0.6) is 0 Å². The van der Waals surface area contributed by atoms with Crippen LogP contribution < -0.4 is 10.6 Å². The van der Waals surface area contributed by atoms with E-state index in [0.29, 0.717) is 6.54 Å². The fourth-order valence-corrected chi connectivity index (χ4v) is 2.16. The summed E-state index contributed by atoms with van der Waals surface area (Å²) in [5.41, 5.74) is 9.22. The first-order valence-corrected chi connectivity index (χ1v) is 5.43. The predicted molar refractivity (Wildman–Crippen MR) is 61.9 cm³/mol. The molecule has 82 valence electrons. The molecule has 1 heterocycles. The monoisotopic (exact) mass is 206 g/mol. The number of aliphatic hydroxyl groups is 1. The lowest BCUT2D eigenvalue weighted by molar-refractivity contribution is 0.198. The molecule has 0 saturated carbocycles. The van der Waals surface area contributed by atoms with Crippen molar-refractivity contribution in [3.05, 3.63) is 29.3 Å². The van der Waals surface area contributed by atoms with Gasteiger partial charge >= 0.3 is 0 Å². The number of hydrogen-bond acceptors (Lipinski definition) is 3. The third kappa shape index (κ3) is 2.13. The Bertz CT molecular complexity index is 351. The number of aliphatic hydroxyl groups excluding tert-OH is 1. The number of nitrogens with zero attached hydrogens (tertiary/aromatic N) is 1. The fourth-order valence-electron chi connectivity index (χ4n) is 2.16. The molecule has 2 rings (SSSR count). The minimum absolute atomic E-state index is 0.168. The Labute approximate surface area is 90.5 Å². The molecule has 1 aliphatic heterocycles. The van der Waals surface area contributed by atoms with E-state index in [0.717, 1.165) is 25.1 Å². The van der Waals surface area contributed by atoms with Gasteiger partial charge in [-0.15, -0.1) is 0 Å². The number of anilines is 1. The van der Waals surface area contributed by atoms with Gasteiger partial charge in [0.05, 0.1) is 6.10 Å². The summed E-state index contributed by atoms with van der Waals surface area (Å²) in [6, 6.07) is 6.29. The van der Waals surface area contributed by atoms with Crippen LogP contribution in [0.1, 0.15) is 17.5 Å². The SMILES string of the molecule is Cc1cc(CN)ccc1N1CCC(O)C1. The van der Waals surface area contributed by atoms with Crippen molar-refractivity contribution < 1.29 is 5.11 Å². The first kappa shape index (κ1) is 10.5. The normalized spacial score (nSPS) is 21.0. The van der Waals surface area contributed by atoms with E-state index in [1.165, 1.54) is 11.3 Å². The highest BCUT2D eigenvalue weighted by Gasteiger charge is 2.21. The molecule has 3 nitrogen and oxygen atoms in total. The molecule has 0 spiro atoms. The molecule has 1 unspecified atom stereocenters. The molecular formula is C12H18N2O. The first-order chi connectivity index (χ1) is 7.20. The Morgan fingerprint density at radius 1 is 1.53 bits per heavy atom. The maximum absolute atomic E-state index is 9.49. The molecule has 3 N–H and O–H groups in total. The quantitative estimate of drug-likeness (QED) is 0.759. The largest absolute Gasteiger partial charge is 0.391 e. The predicted octanol–water partition coefficient (Wildman–Crippen LogP) is 1.02. The van der Waals surface area contributed by atoms with Gasteiger partial charge in [0.15, 0.2) is 0 Å². The molecule has 1 aromatic carbocycles. The van der Waals surface area contributed by atoms with Crippen LogP contribution in [0.25, 0.3) is 0 Å². The minimum Gasteiger partial charge on any atom is -0.391 e. The number of β-amino-alcohol motifs (C(OH)–C–C–N with tert-alkyl or cyclic N) is 1. The van der Waals surface area contributed by atoms with Crippen molar-refractivity contribution >= 4 is 5.69 Å². The van der Waals surface area contributed by atoms with Crippen LogP contribution in [-0.2, 0) is 6.54 Å². The van der Waals surface area contributed by atoms with Crippen LogP contribution in [0.15, 0.2) is 18.2 Å². The van der Waals surface area contributed by atoms with E-state index < -0.39 is 0 Å². The number of benzene rings is 1. The minimum atomic E-state index is -0.168. The highest BCUT2D eigenvalue weighted by atomic mass is 16.3. The van der Waals surface area contributed by atoms with Gasteiger partial charge < -0.3 is 15.7 Å². The van der Waals surface area contributed by atoms with Crippen LogP contribution in [0, 0.1) is 6.92 Å². The molecule has 0 radical (unpaired) electrons. The van der Waals surface area contributed by atoms with E-state index in [-0.39, 0.29) is 6.10 Å². The van der Waals surface area contributed by atoms with E-state index in [2.05, 4.69) is 30.0 Å². The van der Waals surface area contributed by atoms with E-state index in [4.69, 9.17) is 5.73 Å². The van der Waals surface area contributed by atoms with Crippen LogP contribution in [0.2, 0.25) is 0 Å². The smallest absolute Gasteiger partial charge is 0.0731 e. The summed E-state index contributed by atoms with van der Waals surface area (Å²) in [4.78, 5) is 2.24. The van der Waals surface area contributed by atoms with Crippen LogP contribution in [-0.4, -0.2) is 24.3 Å². The Kier molecular flexibility index (Phi) is 2.93. The van der Waals surface area contributed by atoms with Gasteiger partial charge in [0.2, 0.25) is 0 Å². The van der Waals surface area contributed by atoms with Crippen molar-refractivity contribution in [1.29, 1.82) is 0 Å². The standard InChI is InChI=1S/C12H18N2O/c1-9-6-10(7-13)2-3-12(9)14-5-4-11(15)8-14/h2-3,6,11,15H,4-5,7-8,13H2,1H3. The maximum atomic E-state index is 9.49. The summed E-state index contributed by atoms with van der Waals surface area (Å²) in [7, 11) is 0. The maximum Gasteiger partial charge on any atom is 0.0731 e. The summed E-state index contributed by atoms with van der Waals surface area (Å²) in [6.07, 6.45) is 0.705. The molecule has 0 aromatic heterocycles. The van der Waals surface area contributed by atoms with Gasteiger partial charge in [0.25, 0.3) is 0 Å². The lowest BCUT2D eigenvalue weighted by atomic mass is 10.1. The lowest BCUT2D eigenvalue weighted by Gasteiger charge is -2.20. The van der Waals surface area contributed by atoms with Gasteiger partial charge in [-0.1, -0.05) is 12.1 Å². The molecule has 1 fully saturated rings. The van der Waals surface area contributed by atoms with Crippen molar-refractivity contribution in [2.24, 2.45) is 5.73 Å². The first-order valence-electron chi connectivity index (χ1n) is 5.43. The molecular weight excluding hydrogens is 188 g/mol. The van der Waals surface area contributed by atoms with Crippen molar-refractivity contribution in [3.63, 3.8) is 0 Å². The highest BCUT2D eigenvalue weighted by molar-refractivity contribution is 5.55. The average molecular weight is 206 g/mol. The summed E-state index contributed by atoms with van der Waals surface area (Å²) in [5.74, 6) is 0. The van der Waals surface area contributed by atoms with Gasteiger partial charge in [-0.2, -0.15) is 0 Å². The molecule has 0 aliphatic carbocycles. The number of nitrogens with two attached hydrogens (primary N) is 1. The third-order valence-corrected chi connectivity index (χ3v) is 3.00. The average Bonchev–Trinajstić information content (AvgIpc) is 2.64. The molecule has 1 aliphatic rings. The Balaban J connectivity index is 2.21. The number of rotatable bonds is 2. The van der Waals surface area contributed by atoms with E-state index in [9.17, 15) is 5.11 Å². The highest BCUT2D eigenvalue weighted by Crippen LogP contribution is 2.25. The summed E-state index contributed by atoms with van der Waals surface area (Å²) in [5, 5.41) is 9.49. The topological polar surface area (TPSA) is 49.5 Å². The Morgan fingerprint density at radius 3 is 2.87 bits per heavy atom. The third-order valence-electron chi connectivity index (χ3n) is 3.00. The second kappa shape index (κ2) is 4.21. The molecule has 0 bridgehead atoms. The summed E-state index contributed by atoms with van der Waals surface area (Å²) in [6.45, 7) is 4.38. The van der Waals surface area contributed by atoms with E-state index in [1.54, 1.807) is 0 Å². The lowest BCUT2D eigenvalue weighted by Crippen LogP contribution is -2.22. The zero-order valence-corrected chi connectivity index (χ0v) is 9.11. The van der Waals surface area contributed by atoms with Gasteiger partial charge in [0, 0.05) is 25.3 Å². The van der Waals surface area contributed by atoms with Crippen molar-refractivity contribution in [2.45, 2.75) is 26.0 Å². The molecule has 1 saturated heterocycles. The van der Waals surface area contributed by atoms with Crippen molar-refractivity contribution in [2.75, 3.05) is 18.0 Å². The second-order valence-corrected chi connectivity index (χ2v) is 4.21. The molecule has 1 atom stereocenters. The van der Waals surface area contributed by atoms with E-state index in [1.807, 2.05) is 0 Å². The Hall–Kier alpha value is -1.06. The van der Waals surface area contributed by atoms with Crippen LogP contribution in [0.4, 0.5) is 5.69 Å². The van der Waals surface area contributed by atoms with Crippen molar-refractivity contribution in [3.8, 4) is 0 Å². The molecule has 15 heavy (non-hydrogen) atoms. The van der Waals surface area contributed by atoms with Crippen LogP contribution in [0.3, 0.4) is 0 Å². The number of aryl methyl sites for hydroxylation is 1. The van der Waals surface area contributed by atoms with Crippen LogP contribution >= 0.6 is 0 Å². The van der Waals surface area contributed by atoms with E-state index >= 15 is 0 Å². The van der Waals surface area contributed by atoms with Gasteiger partial charge in [-0.25, -0.2) is 0 Å². The van der Waals surface area contributed by atoms with Crippen molar-refractivity contribution in [1.82, 2.24) is 0 Å². The summed E-state index contributed by atoms with van der Waals surface area (Å²) >= 11 is 0. The summed E-state index contributed by atoms with van der Waals surface area (Å²) < 4.78 is 0. The molecule has 1 aromatic rings. The van der Waals surface area contributed by atoms with Gasteiger partial charge in [-0.3, -0.25) is 0 Å². The molecule has 3 heteroatoms. The number of hydrogen-bond donors (Lipinski definition) is 2. The zero-order chi connectivity index (χ0) is 10.8.